The molecule has 0 unspecified atom stereocenters. The third-order valence-corrected chi connectivity index (χ3v) is 8.03. The van der Waals surface area contributed by atoms with Gasteiger partial charge in [0, 0.05) is 30.7 Å². The molecule has 1 aliphatic rings. The first-order valence-corrected chi connectivity index (χ1v) is 13.2. The van der Waals surface area contributed by atoms with E-state index in [1.165, 1.54) is 17.0 Å². The number of halogens is 2. The van der Waals surface area contributed by atoms with E-state index in [9.17, 15) is 23.1 Å². The number of nitrogens with one attached hydrogen (secondary N) is 2. The fourth-order valence-corrected chi connectivity index (χ4v) is 5.70. The quantitative estimate of drug-likeness (QED) is 0.444. The number of hydrogen-bond donors (Lipinski definition) is 3. The molecule has 13 heteroatoms. The smallest absolute Gasteiger partial charge is 0.410 e. The monoisotopic (exact) mass is 588 g/mol. The van der Waals surface area contributed by atoms with Gasteiger partial charge in [-0.05, 0) is 61.0 Å². The van der Waals surface area contributed by atoms with Crippen LogP contribution in [0.15, 0.2) is 45.8 Å². The molecule has 3 N–H and O–H groups in total. The number of benzene rings is 2. The molecule has 0 atom stereocenters. The van der Waals surface area contributed by atoms with Crippen LogP contribution in [0, 0.1) is 0 Å². The second-order valence-corrected chi connectivity index (χ2v) is 11.8. The van der Waals surface area contributed by atoms with E-state index in [0.29, 0.717) is 10.2 Å². The maximum Gasteiger partial charge on any atom is 0.410 e. The molecule has 2 aromatic carbocycles. The van der Waals surface area contributed by atoms with Crippen LogP contribution in [0.4, 0.5) is 21.0 Å². The van der Waals surface area contributed by atoms with Gasteiger partial charge < -0.3 is 25.4 Å². The van der Waals surface area contributed by atoms with Gasteiger partial charge in [0.1, 0.15) is 10.5 Å². The van der Waals surface area contributed by atoms with Crippen molar-refractivity contribution in [3.05, 3.63) is 45.9 Å². The third-order valence-electron chi connectivity index (χ3n) is 4.94. The number of nitrogens with zero attached hydrogens (tertiary/aromatic N) is 2. The molecule has 0 aliphatic carbocycles. The molecule has 3 rings (SSSR count). The molecule has 0 bridgehead atoms. The Hall–Kier alpha value is -2.54. The average Bonchev–Trinajstić information content (AvgIpc) is 2.76. The first kappa shape index (κ1) is 27.1. The molecule has 1 fully saturated rings. The standard InChI is InChI=1S/C22H26BrClN4O6S/c1-22(2,3)34-21(31)27-10-12-28(13-11-27)35(32,33)19-15(24)8-9-17(18(19)29)26-20(30)25-16-7-5-4-6-14(16)23/h4-9,29H,10-13H2,1-3H3,(H2,25,26,30). The lowest BCUT2D eigenvalue weighted by Gasteiger charge is -2.35. The van der Waals surface area contributed by atoms with Crippen molar-refractivity contribution in [1.82, 2.24) is 9.21 Å². The number of amides is 3. The van der Waals surface area contributed by atoms with E-state index in [0.717, 1.165) is 4.31 Å². The van der Waals surface area contributed by atoms with Gasteiger partial charge in [-0.1, -0.05) is 23.7 Å². The Kier molecular flexibility index (Phi) is 8.20. The second kappa shape index (κ2) is 10.6. The van der Waals surface area contributed by atoms with Crippen LogP contribution in [0.2, 0.25) is 5.02 Å². The van der Waals surface area contributed by atoms with Crippen LogP contribution in [0.5, 0.6) is 5.75 Å². The Labute approximate surface area is 217 Å². The van der Waals surface area contributed by atoms with Gasteiger partial charge in [0.15, 0.2) is 5.75 Å². The predicted octanol–water partition coefficient (Wildman–Crippen LogP) is 4.69. The van der Waals surface area contributed by atoms with E-state index in [1.54, 1.807) is 45.0 Å². The topological polar surface area (TPSA) is 128 Å². The van der Waals surface area contributed by atoms with Crippen molar-refractivity contribution >= 4 is 61.1 Å². The molecule has 1 saturated heterocycles. The number of anilines is 2. The Bertz CT molecular complexity index is 1230. The van der Waals surface area contributed by atoms with Gasteiger partial charge in [0.05, 0.1) is 16.4 Å². The summed E-state index contributed by atoms with van der Waals surface area (Å²) < 4.78 is 33.7. The highest BCUT2D eigenvalue weighted by molar-refractivity contribution is 9.10. The van der Waals surface area contributed by atoms with Crippen molar-refractivity contribution < 1.29 is 27.9 Å². The summed E-state index contributed by atoms with van der Waals surface area (Å²) in [6.07, 6.45) is -0.530. The summed E-state index contributed by atoms with van der Waals surface area (Å²) in [5, 5.41) is 15.6. The van der Waals surface area contributed by atoms with E-state index in [1.807, 2.05) is 0 Å². The van der Waals surface area contributed by atoms with Crippen molar-refractivity contribution in [2.75, 3.05) is 36.8 Å². The fourth-order valence-electron chi connectivity index (χ4n) is 3.30. The minimum absolute atomic E-state index is 0.0163. The molecular weight excluding hydrogens is 564 g/mol. The summed E-state index contributed by atoms with van der Waals surface area (Å²) in [4.78, 5) is 25.6. The van der Waals surface area contributed by atoms with Gasteiger partial charge in [0.25, 0.3) is 0 Å². The predicted molar refractivity (Wildman–Crippen MR) is 136 cm³/mol. The summed E-state index contributed by atoms with van der Waals surface area (Å²) in [5.74, 6) is -0.686. The molecule has 35 heavy (non-hydrogen) atoms. The van der Waals surface area contributed by atoms with Gasteiger partial charge in [-0.2, -0.15) is 4.31 Å². The van der Waals surface area contributed by atoms with E-state index in [-0.39, 0.29) is 36.9 Å². The summed E-state index contributed by atoms with van der Waals surface area (Å²) in [6, 6.07) is 8.80. The highest BCUT2D eigenvalue weighted by atomic mass is 79.9. The summed E-state index contributed by atoms with van der Waals surface area (Å²) in [6.45, 7) is 5.43. The minimum atomic E-state index is -4.24. The Morgan fingerprint density at radius 1 is 1.03 bits per heavy atom. The lowest BCUT2D eigenvalue weighted by molar-refractivity contribution is 0.0192. The van der Waals surface area contributed by atoms with E-state index >= 15 is 0 Å². The number of piperazine rings is 1. The van der Waals surface area contributed by atoms with Crippen LogP contribution in [0.25, 0.3) is 0 Å². The largest absolute Gasteiger partial charge is 0.504 e. The Morgan fingerprint density at radius 2 is 1.63 bits per heavy atom. The molecule has 0 spiro atoms. The molecular formula is C22H26BrClN4O6S. The number of para-hydroxylation sites is 1. The lowest BCUT2D eigenvalue weighted by Crippen LogP contribution is -2.51. The Balaban J connectivity index is 1.76. The average molecular weight is 590 g/mol. The van der Waals surface area contributed by atoms with Crippen molar-refractivity contribution in [3.8, 4) is 5.75 Å². The molecule has 1 heterocycles. The molecule has 1 aliphatic heterocycles. The molecule has 2 aromatic rings. The zero-order chi connectivity index (χ0) is 26.0. The van der Waals surface area contributed by atoms with Crippen molar-refractivity contribution in [2.45, 2.75) is 31.3 Å². The molecule has 0 aromatic heterocycles. The number of ether oxygens (including phenoxy) is 1. The molecule has 190 valence electrons. The van der Waals surface area contributed by atoms with Crippen LogP contribution in [-0.4, -0.2) is 66.6 Å². The molecule has 0 saturated carbocycles. The summed E-state index contributed by atoms with van der Waals surface area (Å²) in [5.41, 5.74) is -0.324. The highest BCUT2D eigenvalue weighted by Crippen LogP contribution is 2.39. The number of sulfonamides is 1. The number of aromatic hydroxyl groups is 1. The summed E-state index contributed by atoms with van der Waals surface area (Å²) in [7, 11) is -4.24. The van der Waals surface area contributed by atoms with Crippen LogP contribution >= 0.6 is 27.5 Å². The van der Waals surface area contributed by atoms with Crippen LogP contribution < -0.4 is 10.6 Å². The van der Waals surface area contributed by atoms with Crippen molar-refractivity contribution in [1.29, 1.82) is 0 Å². The number of carbonyl (C=O) groups is 2. The maximum absolute atomic E-state index is 13.3. The van der Waals surface area contributed by atoms with Gasteiger partial charge in [-0.15, -0.1) is 0 Å². The molecule has 0 radical (unpaired) electrons. The van der Waals surface area contributed by atoms with E-state index in [2.05, 4.69) is 26.6 Å². The van der Waals surface area contributed by atoms with Crippen LogP contribution in [-0.2, 0) is 14.8 Å². The van der Waals surface area contributed by atoms with Crippen molar-refractivity contribution in [3.63, 3.8) is 0 Å². The SMILES string of the molecule is CC(C)(C)OC(=O)N1CCN(S(=O)(=O)c2c(Cl)ccc(NC(=O)Nc3ccccc3Br)c2O)CC1. The van der Waals surface area contributed by atoms with Crippen molar-refractivity contribution in [2.24, 2.45) is 0 Å². The minimum Gasteiger partial charge on any atom is -0.504 e. The normalized spacial score (nSPS) is 14.9. The molecule has 10 nitrogen and oxygen atoms in total. The highest BCUT2D eigenvalue weighted by Gasteiger charge is 2.35. The second-order valence-electron chi connectivity index (χ2n) is 8.70. The fraction of sp³-hybridized carbons (Fsp3) is 0.364. The Morgan fingerprint density at radius 3 is 2.23 bits per heavy atom. The molecule has 3 amide bonds. The van der Waals surface area contributed by atoms with Crippen LogP contribution in [0.3, 0.4) is 0 Å². The third kappa shape index (κ3) is 6.57. The first-order chi connectivity index (χ1) is 16.3. The number of carbonyl (C=O) groups excluding carboxylic acids is 2. The van der Waals surface area contributed by atoms with E-state index < -0.39 is 38.4 Å². The number of phenols is 1. The van der Waals surface area contributed by atoms with Gasteiger partial charge in [-0.25, -0.2) is 18.0 Å². The van der Waals surface area contributed by atoms with Gasteiger partial charge in [0.2, 0.25) is 10.0 Å². The zero-order valence-corrected chi connectivity index (χ0v) is 22.5. The van der Waals surface area contributed by atoms with Gasteiger partial charge in [-0.3, -0.25) is 0 Å². The number of hydrogen-bond acceptors (Lipinski definition) is 6. The zero-order valence-electron chi connectivity index (χ0n) is 19.3. The number of phenolic OH excluding ortho intramolecular Hbond substituents is 1. The van der Waals surface area contributed by atoms with Crippen LogP contribution in [0.1, 0.15) is 20.8 Å². The summed E-state index contributed by atoms with van der Waals surface area (Å²) >= 11 is 9.48. The van der Waals surface area contributed by atoms with Gasteiger partial charge >= 0.3 is 12.1 Å². The lowest BCUT2D eigenvalue weighted by atomic mass is 10.2. The first-order valence-electron chi connectivity index (χ1n) is 10.6. The number of rotatable bonds is 4. The van der Waals surface area contributed by atoms with E-state index in [4.69, 9.17) is 16.3 Å². The maximum atomic E-state index is 13.3. The number of urea groups is 1.